The van der Waals surface area contributed by atoms with Gasteiger partial charge in [-0.2, -0.15) is 5.10 Å². The van der Waals surface area contributed by atoms with E-state index in [2.05, 4.69) is 21.4 Å². The summed E-state index contributed by atoms with van der Waals surface area (Å²) in [5, 5.41) is 7.90. The van der Waals surface area contributed by atoms with Crippen LogP contribution in [0.25, 0.3) is 5.65 Å². The van der Waals surface area contributed by atoms with Crippen LogP contribution in [0, 0.1) is 0 Å². The molecule has 106 valence electrons. The molecule has 5 heteroatoms. The summed E-state index contributed by atoms with van der Waals surface area (Å²) in [5.74, 6) is 1.11. The van der Waals surface area contributed by atoms with Gasteiger partial charge in [0.2, 0.25) is 0 Å². The van der Waals surface area contributed by atoms with Crippen molar-refractivity contribution in [3.63, 3.8) is 0 Å². The molecule has 2 aromatic heterocycles. The van der Waals surface area contributed by atoms with Crippen molar-refractivity contribution in [2.75, 3.05) is 18.0 Å². The third-order valence-electron chi connectivity index (χ3n) is 4.65. The van der Waals surface area contributed by atoms with Crippen molar-refractivity contribution in [2.24, 2.45) is 0 Å². The molecule has 0 aliphatic carbocycles. The van der Waals surface area contributed by atoms with E-state index >= 15 is 0 Å². The molecule has 2 saturated heterocycles. The number of hydrogen-bond donors (Lipinski definition) is 1. The van der Waals surface area contributed by atoms with Crippen LogP contribution >= 0.6 is 0 Å². The van der Waals surface area contributed by atoms with Gasteiger partial charge in [-0.25, -0.2) is 9.50 Å². The van der Waals surface area contributed by atoms with Crippen LogP contribution in [0.1, 0.15) is 32.1 Å². The molecule has 0 saturated carbocycles. The second-order valence-electron chi connectivity index (χ2n) is 5.88. The van der Waals surface area contributed by atoms with Gasteiger partial charge in [0.1, 0.15) is 5.82 Å². The van der Waals surface area contributed by atoms with E-state index in [1.165, 1.54) is 38.6 Å². The van der Waals surface area contributed by atoms with E-state index in [0.717, 1.165) is 18.0 Å². The Bertz CT molecular complexity index is 587. The second-order valence-corrected chi connectivity index (χ2v) is 5.88. The molecule has 2 aromatic rings. The molecule has 4 rings (SSSR count). The van der Waals surface area contributed by atoms with Crippen LogP contribution in [-0.4, -0.2) is 39.8 Å². The Kier molecular flexibility index (Phi) is 3.07. The Balaban J connectivity index is 1.65. The first-order valence-corrected chi connectivity index (χ1v) is 7.72. The summed E-state index contributed by atoms with van der Waals surface area (Å²) in [6.45, 7) is 2.30. The standard InChI is InChI=1S/C15H21N5/c1-2-10-19(13(5-1)12-4-3-8-16-12)14-7-11-20-15(18-14)6-9-17-20/h6-7,9,11-13,16H,1-5,8,10H2. The summed E-state index contributed by atoms with van der Waals surface area (Å²) in [6.07, 6.45) is 10.3. The van der Waals surface area contributed by atoms with Gasteiger partial charge in [0.15, 0.2) is 5.65 Å². The van der Waals surface area contributed by atoms with E-state index in [1.807, 2.05) is 16.8 Å². The van der Waals surface area contributed by atoms with Crippen LogP contribution in [-0.2, 0) is 0 Å². The lowest BCUT2D eigenvalue weighted by Gasteiger charge is -2.40. The van der Waals surface area contributed by atoms with Gasteiger partial charge in [-0.1, -0.05) is 0 Å². The second kappa shape index (κ2) is 5.05. The number of aromatic nitrogens is 3. The number of piperidine rings is 1. The third-order valence-corrected chi connectivity index (χ3v) is 4.65. The maximum absolute atomic E-state index is 4.78. The first-order valence-electron chi connectivity index (χ1n) is 7.72. The van der Waals surface area contributed by atoms with Crippen molar-refractivity contribution in [1.82, 2.24) is 19.9 Å². The minimum Gasteiger partial charge on any atom is -0.352 e. The Hall–Kier alpha value is -1.62. The van der Waals surface area contributed by atoms with Crippen molar-refractivity contribution in [3.8, 4) is 0 Å². The van der Waals surface area contributed by atoms with Gasteiger partial charge >= 0.3 is 0 Å². The summed E-state index contributed by atoms with van der Waals surface area (Å²) in [4.78, 5) is 7.29. The average molecular weight is 271 g/mol. The molecule has 2 fully saturated rings. The first kappa shape index (κ1) is 12.1. The molecule has 0 spiro atoms. The van der Waals surface area contributed by atoms with Gasteiger partial charge < -0.3 is 10.2 Å². The van der Waals surface area contributed by atoms with Crippen molar-refractivity contribution in [2.45, 2.75) is 44.2 Å². The number of hydrogen-bond acceptors (Lipinski definition) is 4. The molecule has 2 aliphatic heterocycles. The first-order chi connectivity index (χ1) is 9.92. The lowest BCUT2D eigenvalue weighted by atomic mass is 9.94. The predicted octanol–water partition coefficient (Wildman–Crippen LogP) is 1.84. The van der Waals surface area contributed by atoms with Crippen LogP contribution in [0.5, 0.6) is 0 Å². The molecule has 0 aromatic carbocycles. The zero-order valence-electron chi connectivity index (χ0n) is 11.7. The normalized spacial score (nSPS) is 27.3. The maximum atomic E-state index is 4.78. The van der Waals surface area contributed by atoms with Crippen LogP contribution in [0.15, 0.2) is 24.5 Å². The predicted molar refractivity (Wildman–Crippen MR) is 79.0 cm³/mol. The quantitative estimate of drug-likeness (QED) is 0.905. The maximum Gasteiger partial charge on any atom is 0.157 e. The van der Waals surface area contributed by atoms with Crippen molar-refractivity contribution >= 4 is 11.5 Å². The number of rotatable bonds is 2. The molecule has 2 aliphatic rings. The Morgan fingerprint density at radius 1 is 1.15 bits per heavy atom. The monoisotopic (exact) mass is 271 g/mol. The number of anilines is 1. The molecule has 0 bridgehead atoms. The summed E-state index contributed by atoms with van der Waals surface area (Å²) in [5.41, 5.74) is 0.936. The summed E-state index contributed by atoms with van der Waals surface area (Å²) in [7, 11) is 0. The van der Waals surface area contributed by atoms with Crippen molar-refractivity contribution in [3.05, 3.63) is 24.5 Å². The van der Waals surface area contributed by atoms with E-state index in [9.17, 15) is 0 Å². The van der Waals surface area contributed by atoms with E-state index in [0.29, 0.717) is 12.1 Å². The summed E-state index contributed by atoms with van der Waals surface area (Å²) < 4.78 is 1.83. The average Bonchev–Trinajstić information content (AvgIpc) is 3.18. The third kappa shape index (κ3) is 2.06. The van der Waals surface area contributed by atoms with E-state index < -0.39 is 0 Å². The van der Waals surface area contributed by atoms with E-state index in [4.69, 9.17) is 4.98 Å². The molecule has 4 heterocycles. The van der Waals surface area contributed by atoms with Gasteiger partial charge in [0.05, 0.1) is 6.20 Å². The Morgan fingerprint density at radius 3 is 3.05 bits per heavy atom. The smallest absolute Gasteiger partial charge is 0.157 e. The largest absolute Gasteiger partial charge is 0.352 e. The summed E-state index contributed by atoms with van der Waals surface area (Å²) >= 11 is 0. The minimum atomic E-state index is 0.601. The molecule has 2 unspecified atom stereocenters. The Labute approximate surface area is 119 Å². The van der Waals surface area contributed by atoms with Gasteiger partial charge in [0, 0.05) is 30.9 Å². The van der Waals surface area contributed by atoms with Gasteiger partial charge in [-0.15, -0.1) is 0 Å². The lowest BCUT2D eigenvalue weighted by Crippen LogP contribution is -2.50. The molecular formula is C15H21N5. The van der Waals surface area contributed by atoms with E-state index in [1.54, 1.807) is 6.20 Å². The van der Waals surface area contributed by atoms with Gasteiger partial charge in [-0.05, 0) is 44.7 Å². The van der Waals surface area contributed by atoms with Crippen LogP contribution < -0.4 is 10.2 Å². The minimum absolute atomic E-state index is 0.601. The fraction of sp³-hybridized carbons (Fsp3) is 0.600. The fourth-order valence-corrected chi connectivity index (χ4v) is 3.66. The van der Waals surface area contributed by atoms with E-state index in [-0.39, 0.29) is 0 Å². The molecule has 0 amide bonds. The molecule has 20 heavy (non-hydrogen) atoms. The SMILES string of the molecule is c1cc2nc(N3CCCCC3C3CCCN3)ccn2n1. The van der Waals surface area contributed by atoms with Crippen LogP contribution in [0.2, 0.25) is 0 Å². The topological polar surface area (TPSA) is 45.5 Å². The highest BCUT2D eigenvalue weighted by Gasteiger charge is 2.32. The van der Waals surface area contributed by atoms with Crippen molar-refractivity contribution < 1.29 is 0 Å². The number of fused-ring (bicyclic) bond motifs is 1. The highest BCUT2D eigenvalue weighted by Crippen LogP contribution is 2.28. The Morgan fingerprint density at radius 2 is 2.15 bits per heavy atom. The molecule has 2 atom stereocenters. The van der Waals surface area contributed by atoms with Gasteiger partial charge in [-0.3, -0.25) is 0 Å². The molecule has 0 radical (unpaired) electrons. The van der Waals surface area contributed by atoms with Crippen LogP contribution in [0.4, 0.5) is 5.82 Å². The molecular weight excluding hydrogens is 250 g/mol. The zero-order chi connectivity index (χ0) is 13.4. The zero-order valence-corrected chi connectivity index (χ0v) is 11.7. The fourth-order valence-electron chi connectivity index (χ4n) is 3.66. The number of nitrogens with zero attached hydrogens (tertiary/aromatic N) is 4. The summed E-state index contributed by atoms with van der Waals surface area (Å²) in [6, 6.07) is 5.31. The van der Waals surface area contributed by atoms with Crippen LogP contribution in [0.3, 0.4) is 0 Å². The lowest BCUT2D eigenvalue weighted by molar-refractivity contribution is 0.376. The highest BCUT2D eigenvalue weighted by atomic mass is 15.3. The molecule has 5 nitrogen and oxygen atoms in total. The highest BCUT2D eigenvalue weighted by molar-refractivity contribution is 5.48. The molecule has 1 N–H and O–H groups in total. The van der Waals surface area contributed by atoms with Crippen molar-refractivity contribution in [1.29, 1.82) is 0 Å². The van der Waals surface area contributed by atoms with Gasteiger partial charge in [0.25, 0.3) is 0 Å². The number of nitrogens with one attached hydrogen (secondary N) is 1.